The highest BCUT2D eigenvalue weighted by atomic mass is 32.1. The molecule has 0 bridgehead atoms. The average Bonchev–Trinajstić information content (AvgIpc) is 3.24. The molecule has 0 aliphatic carbocycles. The Hall–Kier alpha value is -4.23. The zero-order valence-corrected chi connectivity index (χ0v) is 21.5. The topological polar surface area (TPSA) is 84.5 Å². The van der Waals surface area contributed by atoms with Crippen LogP contribution in [-0.2, 0) is 9.53 Å². The van der Waals surface area contributed by atoms with Gasteiger partial charge in [-0.3, -0.25) is 9.59 Å². The number of benzene rings is 3. The van der Waals surface area contributed by atoms with Gasteiger partial charge in [-0.15, -0.1) is 11.3 Å². The summed E-state index contributed by atoms with van der Waals surface area (Å²) in [5.41, 5.74) is 3.33. The van der Waals surface area contributed by atoms with E-state index in [9.17, 15) is 14.4 Å². The van der Waals surface area contributed by atoms with Gasteiger partial charge >= 0.3 is 5.97 Å². The molecular weight excluding hydrogens is 484 g/mol. The van der Waals surface area contributed by atoms with Gasteiger partial charge in [0.25, 0.3) is 5.91 Å². The lowest BCUT2D eigenvalue weighted by Gasteiger charge is -2.18. The van der Waals surface area contributed by atoms with Crippen molar-refractivity contribution < 1.29 is 19.1 Å². The van der Waals surface area contributed by atoms with Crippen molar-refractivity contribution in [2.75, 3.05) is 17.2 Å². The van der Waals surface area contributed by atoms with Crippen LogP contribution >= 0.6 is 11.3 Å². The maximum absolute atomic E-state index is 13.3. The Labute approximate surface area is 220 Å². The highest BCUT2D eigenvalue weighted by Gasteiger charge is 2.27. The number of carbonyl (C=O) groups excluding carboxylic acids is 3. The molecule has 0 saturated carbocycles. The van der Waals surface area contributed by atoms with Crippen LogP contribution in [0.1, 0.15) is 56.0 Å². The van der Waals surface area contributed by atoms with Crippen molar-refractivity contribution in [2.45, 2.75) is 26.2 Å². The smallest absolute Gasteiger partial charge is 0.341 e. The third kappa shape index (κ3) is 6.32. The Morgan fingerprint density at radius 1 is 0.811 bits per heavy atom. The van der Waals surface area contributed by atoms with Gasteiger partial charge in [0.15, 0.2) is 0 Å². The zero-order valence-electron chi connectivity index (χ0n) is 20.7. The minimum Gasteiger partial charge on any atom is -0.462 e. The van der Waals surface area contributed by atoms with Gasteiger partial charge in [-0.2, -0.15) is 0 Å². The van der Waals surface area contributed by atoms with Crippen molar-refractivity contribution in [3.63, 3.8) is 0 Å². The first kappa shape index (κ1) is 25.9. The normalized spacial score (nSPS) is 10.7. The van der Waals surface area contributed by atoms with Gasteiger partial charge in [0.1, 0.15) is 5.00 Å². The van der Waals surface area contributed by atoms with Crippen molar-refractivity contribution in [1.82, 2.24) is 0 Å². The number of rotatable bonds is 9. The molecule has 0 aliphatic rings. The maximum atomic E-state index is 13.3. The van der Waals surface area contributed by atoms with Gasteiger partial charge in [0.2, 0.25) is 5.91 Å². The number of ether oxygens (including phenoxy) is 1. The molecule has 4 aromatic rings. The molecule has 188 valence electrons. The third-order valence-electron chi connectivity index (χ3n) is 5.91. The number of hydrogen-bond donors (Lipinski definition) is 2. The minimum atomic E-state index is -0.576. The summed E-state index contributed by atoms with van der Waals surface area (Å²) < 4.78 is 5.25. The van der Waals surface area contributed by atoms with E-state index in [2.05, 4.69) is 10.6 Å². The second-order valence-electron chi connectivity index (χ2n) is 8.43. The van der Waals surface area contributed by atoms with Crippen molar-refractivity contribution in [2.24, 2.45) is 0 Å². The molecule has 6 nitrogen and oxygen atoms in total. The van der Waals surface area contributed by atoms with E-state index in [-0.39, 0.29) is 36.3 Å². The fraction of sp³-hybridized carbons (Fsp3) is 0.167. The SMILES string of the molecule is CCOC(=O)c1c(NC(=O)CC(c2ccccc2)c2ccccc2)sc(C(=O)Nc2ccccc2)c1C. The molecule has 2 amide bonds. The van der Waals surface area contributed by atoms with Crippen LogP contribution in [0.4, 0.5) is 10.7 Å². The third-order valence-corrected chi connectivity index (χ3v) is 7.12. The number of amides is 2. The van der Waals surface area contributed by atoms with Gasteiger partial charge in [-0.05, 0) is 42.7 Å². The number of thiophene rings is 1. The Balaban J connectivity index is 1.62. The van der Waals surface area contributed by atoms with Crippen molar-refractivity contribution >= 4 is 39.8 Å². The summed E-state index contributed by atoms with van der Waals surface area (Å²) in [6.45, 7) is 3.58. The minimum absolute atomic E-state index is 0.165. The van der Waals surface area contributed by atoms with E-state index in [0.29, 0.717) is 21.1 Å². The summed E-state index contributed by atoms with van der Waals surface area (Å²) >= 11 is 1.07. The van der Waals surface area contributed by atoms with Crippen LogP contribution in [0.15, 0.2) is 91.0 Å². The average molecular weight is 513 g/mol. The molecule has 4 rings (SSSR count). The first-order valence-corrected chi connectivity index (χ1v) is 12.9. The Kier molecular flexibility index (Phi) is 8.48. The molecule has 2 N–H and O–H groups in total. The molecule has 0 unspecified atom stereocenters. The monoisotopic (exact) mass is 512 g/mol. The summed E-state index contributed by atoms with van der Waals surface area (Å²) in [6, 6.07) is 28.7. The molecule has 0 saturated heterocycles. The van der Waals surface area contributed by atoms with Gasteiger partial charge in [0, 0.05) is 18.0 Å². The summed E-state index contributed by atoms with van der Waals surface area (Å²) in [6.07, 6.45) is 0.165. The summed E-state index contributed by atoms with van der Waals surface area (Å²) in [4.78, 5) is 39.5. The van der Waals surface area contributed by atoms with Crippen LogP contribution < -0.4 is 10.6 Å². The predicted molar refractivity (Wildman–Crippen MR) is 147 cm³/mol. The highest BCUT2D eigenvalue weighted by molar-refractivity contribution is 7.18. The molecule has 1 aromatic heterocycles. The number of anilines is 2. The number of nitrogens with one attached hydrogen (secondary N) is 2. The summed E-state index contributed by atoms with van der Waals surface area (Å²) in [5, 5.41) is 6.05. The second-order valence-corrected chi connectivity index (χ2v) is 9.45. The number of carbonyl (C=O) groups is 3. The van der Waals surface area contributed by atoms with Crippen molar-refractivity contribution in [3.05, 3.63) is 118 Å². The maximum Gasteiger partial charge on any atom is 0.341 e. The van der Waals surface area contributed by atoms with Crippen molar-refractivity contribution in [3.8, 4) is 0 Å². The van der Waals surface area contributed by atoms with Gasteiger partial charge < -0.3 is 15.4 Å². The number of para-hydroxylation sites is 1. The van der Waals surface area contributed by atoms with E-state index < -0.39 is 5.97 Å². The quantitative estimate of drug-likeness (QED) is 0.246. The molecule has 0 fully saturated rings. The first-order valence-electron chi connectivity index (χ1n) is 12.0. The molecule has 7 heteroatoms. The van der Waals surface area contributed by atoms with E-state index in [1.165, 1.54) is 0 Å². The van der Waals surface area contributed by atoms with Crippen LogP contribution in [0, 0.1) is 6.92 Å². The fourth-order valence-electron chi connectivity index (χ4n) is 4.14. The lowest BCUT2D eigenvalue weighted by Crippen LogP contribution is -2.18. The van der Waals surface area contributed by atoms with Crippen LogP contribution in [0.3, 0.4) is 0 Å². The Morgan fingerprint density at radius 2 is 1.35 bits per heavy atom. The van der Waals surface area contributed by atoms with Crippen LogP contribution in [0.25, 0.3) is 0 Å². The van der Waals surface area contributed by atoms with E-state index in [4.69, 9.17) is 4.74 Å². The number of hydrogen-bond acceptors (Lipinski definition) is 5. The lowest BCUT2D eigenvalue weighted by atomic mass is 9.88. The van der Waals surface area contributed by atoms with Crippen molar-refractivity contribution in [1.29, 1.82) is 0 Å². The van der Waals surface area contributed by atoms with Crippen LogP contribution in [-0.4, -0.2) is 24.4 Å². The second kappa shape index (κ2) is 12.1. The summed E-state index contributed by atoms with van der Waals surface area (Å²) in [5.74, 6) is -1.37. The molecule has 37 heavy (non-hydrogen) atoms. The standard InChI is InChI=1S/C30H28N2O4S/c1-3-36-30(35)26-20(2)27(28(34)31-23-17-11-6-12-18-23)37-29(26)32-25(33)19-24(21-13-7-4-8-14-21)22-15-9-5-10-16-22/h4-18,24H,3,19H2,1-2H3,(H,31,34)(H,32,33). The lowest BCUT2D eigenvalue weighted by molar-refractivity contribution is -0.116. The first-order chi connectivity index (χ1) is 18.0. The Bertz CT molecular complexity index is 1330. The largest absolute Gasteiger partial charge is 0.462 e. The molecule has 0 atom stereocenters. The molecule has 0 aliphatic heterocycles. The molecule has 3 aromatic carbocycles. The van der Waals surface area contributed by atoms with E-state index in [1.54, 1.807) is 26.0 Å². The Morgan fingerprint density at radius 3 is 1.89 bits per heavy atom. The zero-order chi connectivity index (χ0) is 26.2. The number of esters is 1. The van der Waals surface area contributed by atoms with Gasteiger partial charge in [-0.1, -0.05) is 78.9 Å². The highest BCUT2D eigenvalue weighted by Crippen LogP contribution is 2.35. The molecular formula is C30H28N2O4S. The van der Waals surface area contributed by atoms with Gasteiger partial charge in [-0.25, -0.2) is 4.79 Å². The molecule has 0 spiro atoms. The molecule has 1 heterocycles. The predicted octanol–water partition coefficient (Wildman–Crippen LogP) is 6.65. The van der Waals surface area contributed by atoms with E-state index >= 15 is 0 Å². The van der Waals surface area contributed by atoms with Crippen LogP contribution in [0.2, 0.25) is 0 Å². The fourth-order valence-corrected chi connectivity index (χ4v) is 5.24. The molecule has 0 radical (unpaired) electrons. The summed E-state index contributed by atoms with van der Waals surface area (Å²) in [7, 11) is 0. The van der Waals surface area contributed by atoms with E-state index in [1.807, 2.05) is 78.9 Å². The van der Waals surface area contributed by atoms with Gasteiger partial charge in [0.05, 0.1) is 17.0 Å². The van der Waals surface area contributed by atoms with E-state index in [0.717, 1.165) is 22.5 Å². The van der Waals surface area contributed by atoms with Crippen LogP contribution in [0.5, 0.6) is 0 Å².